The SMILES string of the molecule is Cc1ccc(Cl)cc1NC(=O)C(NC(=O)c1ccccc1)c1ccccc1. The van der Waals surface area contributed by atoms with Crippen molar-refractivity contribution in [2.75, 3.05) is 5.32 Å². The molecule has 0 saturated carbocycles. The molecule has 0 aliphatic carbocycles. The Balaban J connectivity index is 1.87. The Kier molecular flexibility index (Phi) is 5.89. The lowest BCUT2D eigenvalue weighted by Crippen LogP contribution is -2.37. The lowest BCUT2D eigenvalue weighted by molar-refractivity contribution is -0.118. The maximum atomic E-state index is 13.0. The molecule has 0 saturated heterocycles. The van der Waals surface area contributed by atoms with E-state index in [0.717, 1.165) is 5.56 Å². The highest BCUT2D eigenvalue weighted by molar-refractivity contribution is 6.31. The van der Waals surface area contributed by atoms with Gasteiger partial charge < -0.3 is 10.6 Å². The van der Waals surface area contributed by atoms with E-state index in [1.165, 1.54) is 0 Å². The molecule has 0 aliphatic heterocycles. The molecule has 27 heavy (non-hydrogen) atoms. The summed E-state index contributed by atoms with van der Waals surface area (Å²) >= 11 is 6.04. The summed E-state index contributed by atoms with van der Waals surface area (Å²) in [6.07, 6.45) is 0. The molecule has 0 heterocycles. The molecule has 2 amide bonds. The minimum atomic E-state index is -0.836. The number of halogens is 1. The van der Waals surface area contributed by atoms with Gasteiger partial charge in [0.05, 0.1) is 0 Å². The van der Waals surface area contributed by atoms with Crippen LogP contribution in [0.2, 0.25) is 5.02 Å². The normalized spacial score (nSPS) is 11.5. The lowest BCUT2D eigenvalue weighted by Gasteiger charge is -2.20. The first-order chi connectivity index (χ1) is 13.0. The van der Waals surface area contributed by atoms with Gasteiger partial charge in [0.2, 0.25) is 0 Å². The first-order valence-corrected chi connectivity index (χ1v) is 8.90. The minimum Gasteiger partial charge on any atom is -0.336 e. The van der Waals surface area contributed by atoms with E-state index in [1.807, 2.05) is 37.3 Å². The fourth-order valence-corrected chi connectivity index (χ4v) is 2.86. The quantitative estimate of drug-likeness (QED) is 0.672. The van der Waals surface area contributed by atoms with Crippen LogP contribution in [0, 0.1) is 6.92 Å². The van der Waals surface area contributed by atoms with Crippen LogP contribution in [0.15, 0.2) is 78.9 Å². The number of hydrogen-bond acceptors (Lipinski definition) is 2. The molecule has 1 unspecified atom stereocenters. The number of rotatable bonds is 5. The minimum absolute atomic E-state index is 0.317. The molecule has 4 nitrogen and oxygen atoms in total. The van der Waals surface area contributed by atoms with Crippen molar-refractivity contribution in [3.05, 3.63) is 101 Å². The van der Waals surface area contributed by atoms with E-state index in [0.29, 0.717) is 21.8 Å². The molecule has 2 N–H and O–H groups in total. The van der Waals surface area contributed by atoms with Crippen molar-refractivity contribution < 1.29 is 9.59 Å². The molecule has 0 fully saturated rings. The molecule has 136 valence electrons. The van der Waals surface area contributed by atoms with Crippen LogP contribution in [0.5, 0.6) is 0 Å². The summed E-state index contributed by atoms with van der Waals surface area (Å²) in [4.78, 5) is 25.6. The monoisotopic (exact) mass is 378 g/mol. The average molecular weight is 379 g/mol. The Labute approximate surface area is 163 Å². The van der Waals surface area contributed by atoms with Crippen molar-refractivity contribution in [1.29, 1.82) is 0 Å². The lowest BCUT2D eigenvalue weighted by atomic mass is 10.0. The summed E-state index contributed by atoms with van der Waals surface area (Å²) in [5, 5.41) is 6.22. The second-order valence-corrected chi connectivity index (χ2v) is 6.57. The number of nitrogens with one attached hydrogen (secondary N) is 2. The van der Waals surface area contributed by atoms with Gasteiger partial charge in [0, 0.05) is 16.3 Å². The number of aryl methyl sites for hydroxylation is 1. The van der Waals surface area contributed by atoms with Crippen molar-refractivity contribution in [2.24, 2.45) is 0 Å². The predicted molar refractivity (Wildman–Crippen MR) is 108 cm³/mol. The van der Waals surface area contributed by atoms with Crippen LogP contribution in [0.3, 0.4) is 0 Å². The summed E-state index contributed by atoms with van der Waals surface area (Å²) in [6, 6.07) is 22.4. The van der Waals surface area contributed by atoms with Crippen molar-refractivity contribution in [1.82, 2.24) is 5.32 Å². The number of carbonyl (C=O) groups excluding carboxylic acids is 2. The Morgan fingerprint density at radius 1 is 0.889 bits per heavy atom. The third kappa shape index (κ3) is 4.74. The number of hydrogen-bond donors (Lipinski definition) is 2. The summed E-state index contributed by atoms with van der Waals surface area (Å²) in [6.45, 7) is 1.88. The number of amides is 2. The summed E-state index contributed by atoms with van der Waals surface area (Å²) in [5.41, 5.74) is 2.68. The van der Waals surface area contributed by atoms with Crippen molar-refractivity contribution >= 4 is 29.1 Å². The summed E-state index contributed by atoms with van der Waals surface area (Å²) < 4.78 is 0. The van der Waals surface area contributed by atoms with E-state index in [1.54, 1.807) is 48.5 Å². The van der Waals surface area contributed by atoms with Crippen molar-refractivity contribution in [3.63, 3.8) is 0 Å². The van der Waals surface area contributed by atoms with Gasteiger partial charge in [-0.25, -0.2) is 0 Å². The fourth-order valence-electron chi connectivity index (χ4n) is 2.68. The van der Waals surface area contributed by atoms with Crippen LogP contribution in [0.1, 0.15) is 27.5 Å². The second-order valence-electron chi connectivity index (χ2n) is 6.13. The van der Waals surface area contributed by atoms with Crippen LogP contribution in [0.4, 0.5) is 5.69 Å². The molecule has 3 aromatic rings. The zero-order chi connectivity index (χ0) is 19.2. The van der Waals surface area contributed by atoms with Crippen LogP contribution in [-0.4, -0.2) is 11.8 Å². The van der Waals surface area contributed by atoms with Gasteiger partial charge in [0.25, 0.3) is 11.8 Å². The average Bonchev–Trinajstić information content (AvgIpc) is 2.70. The van der Waals surface area contributed by atoms with Gasteiger partial charge >= 0.3 is 0 Å². The van der Waals surface area contributed by atoms with Gasteiger partial charge in [0.15, 0.2) is 0 Å². The van der Waals surface area contributed by atoms with Crippen LogP contribution < -0.4 is 10.6 Å². The van der Waals surface area contributed by atoms with E-state index in [-0.39, 0.29) is 11.8 Å². The van der Waals surface area contributed by atoms with Crippen molar-refractivity contribution in [3.8, 4) is 0 Å². The predicted octanol–water partition coefficient (Wildman–Crippen LogP) is 4.76. The Morgan fingerprint density at radius 3 is 2.19 bits per heavy atom. The zero-order valence-electron chi connectivity index (χ0n) is 14.8. The Hall–Kier alpha value is -3.11. The maximum Gasteiger partial charge on any atom is 0.252 e. The van der Waals surface area contributed by atoms with E-state index in [2.05, 4.69) is 10.6 Å². The summed E-state index contributed by atoms with van der Waals surface area (Å²) in [5.74, 6) is -0.654. The molecule has 0 bridgehead atoms. The fraction of sp³-hybridized carbons (Fsp3) is 0.0909. The Morgan fingerprint density at radius 2 is 1.52 bits per heavy atom. The van der Waals surface area contributed by atoms with Gasteiger partial charge in [-0.05, 0) is 42.3 Å². The van der Waals surface area contributed by atoms with Gasteiger partial charge in [-0.3, -0.25) is 9.59 Å². The third-order valence-electron chi connectivity index (χ3n) is 4.16. The maximum absolute atomic E-state index is 13.0. The highest BCUT2D eigenvalue weighted by Gasteiger charge is 2.23. The van der Waals surface area contributed by atoms with Crippen molar-refractivity contribution in [2.45, 2.75) is 13.0 Å². The smallest absolute Gasteiger partial charge is 0.252 e. The van der Waals surface area contributed by atoms with Gasteiger partial charge in [-0.1, -0.05) is 66.2 Å². The number of carbonyl (C=O) groups is 2. The largest absolute Gasteiger partial charge is 0.336 e. The molecule has 0 radical (unpaired) electrons. The molecule has 1 atom stereocenters. The molecule has 0 aromatic heterocycles. The van der Waals surface area contributed by atoms with E-state index in [4.69, 9.17) is 11.6 Å². The second kappa shape index (κ2) is 8.52. The van der Waals surface area contributed by atoms with Crippen LogP contribution in [0.25, 0.3) is 0 Å². The highest BCUT2D eigenvalue weighted by Crippen LogP contribution is 2.22. The molecule has 0 aliphatic rings. The number of anilines is 1. The van der Waals surface area contributed by atoms with E-state index in [9.17, 15) is 9.59 Å². The Bertz CT molecular complexity index is 943. The van der Waals surface area contributed by atoms with E-state index < -0.39 is 6.04 Å². The molecule has 3 rings (SSSR count). The first kappa shape index (κ1) is 18.7. The first-order valence-electron chi connectivity index (χ1n) is 8.52. The van der Waals surface area contributed by atoms with Gasteiger partial charge in [-0.15, -0.1) is 0 Å². The molecule has 0 spiro atoms. The molecule has 3 aromatic carbocycles. The molecular formula is C22H19ClN2O2. The van der Waals surface area contributed by atoms with E-state index >= 15 is 0 Å². The highest BCUT2D eigenvalue weighted by atomic mass is 35.5. The number of benzene rings is 3. The molecular weight excluding hydrogens is 360 g/mol. The third-order valence-corrected chi connectivity index (χ3v) is 4.40. The summed E-state index contributed by atoms with van der Waals surface area (Å²) in [7, 11) is 0. The zero-order valence-corrected chi connectivity index (χ0v) is 15.5. The van der Waals surface area contributed by atoms with Gasteiger partial charge in [-0.2, -0.15) is 0 Å². The standard InChI is InChI=1S/C22H19ClN2O2/c1-15-12-13-18(23)14-19(15)24-22(27)20(16-8-4-2-5-9-16)25-21(26)17-10-6-3-7-11-17/h2-14,20H,1H3,(H,24,27)(H,25,26). The van der Waals surface area contributed by atoms with Crippen LogP contribution >= 0.6 is 11.6 Å². The van der Waals surface area contributed by atoms with Crippen LogP contribution in [-0.2, 0) is 4.79 Å². The molecule has 5 heteroatoms. The topological polar surface area (TPSA) is 58.2 Å². The van der Waals surface area contributed by atoms with Gasteiger partial charge in [0.1, 0.15) is 6.04 Å².